The van der Waals surface area contributed by atoms with Crippen LogP contribution in [0.3, 0.4) is 0 Å². The fraction of sp³-hybridized carbons (Fsp3) is 0.400. The van der Waals surface area contributed by atoms with Crippen molar-refractivity contribution in [3.8, 4) is 0 Å². The monoisotopic (exact) mass is 292 g/mol. The number of rotatable bonds is 3. The fourth-order valence-electron chi connectivity index (χ4n) is 1.92. The molecular weight excluding hydrogens is 282 g/mol. The minimum absolute atomic E-state index is 0.223. The van der Waals surface area contributed by atoms with E-state index in [0.717, 1.165) is 4.31 Å². The molecule has 0 aromatic heterocycles. The minimum Gasteiger partial charge on any atom is -0.258 e. The predicted octanol–water partition coefficient (Wildman–Crippen LogP) is 1.66. The Bertz CT molecular complexity index is 627. The van der Waals surface area contributed by atoms with E-state index in [-0.39, 0.29) is 19.2 Å². The molecule has 19 heavy (non-hydrogen) atoms. The standard InChI is InChI=1S/C10H10F2N2O4S/c11-7-5-8(12)10(6-9(7)14(15)16)19(17,18)13-3-1-2-4-13/h5-6H,1-4H2. The summed E-state index contributed by atoms with van der Waals surface area (Å²) in [6, 6.07) is 0.652. The second-order valence-electron chi connectivity index (χ2n) is 4.10. The normalized spacial score (nSPS) is 16.7. The van der Waals surface area contributed by atoms with Crippen molar-refractivity contribution in [1.82, 2.24) is 4.31 Å². The summed E-state index contributed by atoms with van der Waals surface area (Å²) in [5, 5.41) is 10.6. The van der Waals surface area contributed by atoms with Gasteiger partial charge in [0.05, 0.1) is 4.92 Å². The third kappa shape index (κ3) is 2.43. The van der Waals surface area contributed by atoms with Gasteiger partial charge in [-0.3, -0.25) is 10.1 Å². The van der Waals surface area contributed by atoms with Crippen LogP contribution < -0.4 is 0 Å². The molecule has 6 nitrogen and oxygen atoms in total. The van der Waals surface area contributed by atoms with Gasteiger partial charge in [-0.25, -0.2) is 12.8 Å². The van der Waals surface area contributed by atoms with E-state index in [1.165, 1.54) is 0 Å². The summed E-state index contributed by atoms with van der Waals surface area (Å²) in [6.45, 7) is 0.458. The summed E-state index contributed by atoms with van der Waals surface area (Å²) >= 11 is 0. The topological polar surface area (TPSA) is 80.5 Å². The lowest BCUT2D eigenvalue weighted by atomic mass is 10.3. The van der Waals surface area contributed by atoms with Gasteiger partial charge < -0.3 is 0 Å². The number of nitro benzene ring substituents is 1. The van der Waals surface area contributed by atoms with Crippen LogP contribution in [-0.2, 0) is 10.0 Å². The maximum absolute atomic E-state index is 13.6. The first-order valence-electron chi connectivity index (χ1n) is 5.47. The maximum atomic E-state index is 13.6. The predicted molar refractivity (Wildman–Crippen MR) is 61.0 cm³/mol. The molecule has 0 N–H and O–H groups in total. The largest absolute Gasteiger partial charge is 0.306 e. The van der Waals surface area contributed by atoms with Crippen molar-refractivity contribution in [2.45, 2.75) is 17.7 Å². The average Bonchev–Trinajstić information content (AvgIpc) is 2.81. The summed E-state index contributed by atoms with van der Waals surface area (Å²) < 4.78 is 51.9. The van der Waals surface area contributed by atoms with E-state index in [9.17, 15) is 27.3 Å². The molecule has 104 valence electrons. The van der Waals surface area contributed by atoms with Gasteiger partial charge in [0.2, 0.25) is 15.8 Å². The third-order valence-electron chi connectivity index (χ3n) is 2.88. The Hall–Kier alpha value is -1.61. The van der Waals surface area contributed by atoms with Crippen molar-refractivity contribution in [3.05, 3.63) is 33.9 Å². The Kier molecular flexibility index (Phi) is 3.50. The zero-order valence-corrected chi connectivity index (χ0v) is 10.5. The summed E-state index contributed by atoms with van der Waals surface area (Å²) in [7, 11) is -4.15. The molecule has 0 radical (unpaired) electrons. The van der Waals surface area contributed by atoms with Crippen molar-refractivity contribution >= 4 is 15.7 Å². The van der Waals surface area contributed by atoms with Crippen LogP contribution >= 0.6 is 0 Å². The smallest absolute Gasteiger partial charge is 0.258 e. The second kappa shape index (κ2) is 4.82. The Morgan fingerprint density at radius 3 is 2.26 bits per heavy atom. The van der Waals surface area contributed by atoms with Crippen LogP contribution in [0.15, 0.2) is 17.0 Å². The van der Waals surface area contributed by atoms with Crippen molar-refractivity contribution in [2.75, 3.05) is 13.1 Å². The highest BCUT2D eigenvalue weighted by atomic mass is 32.2. The number of benzene rings is 1. The highest BCUT2D eigenvalue weighted by Crippen LogP contribution is 2.28. The molecule has 0 spiro atoms. The lowest BCUT2D eigenvalue weighted by molar-refractivity contribution is -0.387. The first-order chi connectivity index (χ1) is 8.84. The van der Waals surface area contributed by atoms with E-state index in [1.807, 2.05) is 0 Å². The van der Waals surface area contributed by atoms with Gasteiger partial charge in [0.15, 0.2) is 0 Å². The molecule has 1 aromatic carbocycles. The van der Waals surface area contributed by atoms with Crippen LogP contribution in [0.1, 0.15) is 12.8 Å². The summed E-state index contributed by atoms with van der Waals surface area (Å²) in [6.07, 6.45) is 1.29. The quantitative estimate of drug-likeness (QED) is 0.626. The minimum atomic E-state index is -4.15. The Balaban J connectivity index is 2.55. The van der Waals surface area contributed by atoms with E-state index >= 15 is 0 Å². The van der Waals surface area contributed by atoms with Crippen molar-refractivity contribution in [2.24, 2.45) is 0 Å². The van der Waals surface area contributed by atoms with Crippen LogP contribution in [0, 0.1) is 21.7 Å². The van der Waals surface area contributed by atoms with E-state index in [0.29, 0.717) is 18.9 Å². The fourth-order valence-corrected chi connectivity index (χ4v) is 3.51. The number of sulfonamides is 1. The van der Waals surface area contributed by atoms with E-state index in [4.69, 9.17) is 0 Å². The molecule has 0 atom stereocenters. The van der Waals surface area contributed by atoms with E-state index in [2.05, 4.69) is 0 Å². The SMILES string of the molecule is O=[N+]([O-])c1cc(S(=O)(=O)N2CCCC2)c(F)cc1F. The molecule has 9 heteroatoms. The molecule has 0 bridgehead atoms. The highest BCUT2D eigenvalue weighted by molar-refractivity contribution is 7.89. The molecule has 0 aliphatic carbocycles. The lowest BCUT2D eigenvalue weighted by Gasteiger charge is -2.15. The number of nitrogens with zero attached hydrogens (tertiary/aromatic N) is 2. The molecule has 1 aliphatic heterocycles. The van der Waals surface area contributed by atoms with Crippen molar-refractivity contribution < 1.29 is 22.1 Å². The maximum Gasteiger partial charge on any atom is 0.306 e. The molecule has 1 aliphatic rings. The van der Waals surface area contributed by atoms with E-state index < -0.39 is 37.2 Å². The van der Waals surface area contributed by atoms with Crippen molar-refractivity contribution in [3.63, 3.8) is 0 Å². The van der Waals surface area contributed by atoms with Gasteiger partial charge in [-0.1, -0.05) is 0 Å². The van der Waals surface area contributed by atoms with Gasteiger partial charge in [0.25, 0.3) is 0 Å². The number of hydrogen-bond acceptors (Lipinski definition) is 4. The van der Waals surface area contributed by atoms with Gasteiger partial charge in [-0.2, -0.15) is 8.70 Å². The molecule has 1 fully saturated rings. The second-order valence-corrected chi connectivity index (χ2v) is 6.01. The van der Waals surface area contributed by atoms with Crippen LogP contribution in [0.4, 0.5) is 14.5 Å². The summed E-state index contributed by atoms with van der Waals surface area (Å²) in [4.78, 5) is 8.62. The first kappa shape index (κ1) is 13.8. The Morgan fingerprint density at radius 2 is 1.74 bits per heavy atom. The van der Waals surface area contributed by atoms with Crippen LogP contribution in [-0.4, -0.2) is 30.7 Å². The van der Waals surface area contributed by atoms with Gasteiger partial charge >= 0.3 is 5.69 Å². The molecular formula is C10H10F2N2O4S. The Morgan fingerprint density at radius 1 is 1.16 bits per heavy atom. The molecule has 1 saturated heterocycles. The van der Waals surface area contributed by atoms with Gasteiger partial charge in [0, 0.05) is 25.2 Å². The summed E-state index contributed by atoms with van der Waals surface area (Å²) in [5.41, 5.74) is -1.06. The molecule has 1 heterocycles. The van der Waals surface area contributed by atoms with Gasteiger partial charge in [-0.05, 0) is 12.8 Å². The highest BCUT2D eigenvalue weighted by Gasteiger charge is 2.32. The third-order valence-corrected chi connectivity index (χ3v) is 4.79. The average molecular weight is 292 g/mol. The van der Waals surface area contributed by atoms with Gasteiger partial charge in [-0.15, -0.1) is 0 Å². The molecule has 0 saturated carbocycles. The number of halogens is 2. The first-order valence-corrected chi connectivity index (χ1v) is 6.91. The molecule has 2 rings (SSSR count). The van der Waals surface area contributed by atoms with Crippen LogP contribution in [0.2, 0.25) is 0 Å². The Labute approximate surface area is 107 Å². The summed E-state index contributed by atoms with van der Waals surface area (Å²) in [5.74, 6) is -2.72. The van der Waals surface area contributed by atoms with Crippen molar-refractivity contribution in [1.29, 1.82) is 0 Å². The molecule has 0 amide bonds. The lowest BCUT2D eigenvalue weighted by Crippen LogP contribution is -2.28. The van der Waals surface area contributed by atoms with Crippen LogP contribution in [0.25, 0.3) is 0 Å². The zero-order chi connectivity index (χ0) is 14.2. The number of hydrogen-bond donors (Lipinski definition) is 0. The zero-order valence-electron chi connectivity index (χ0n) is 9.67. The molecule has 1 aromatic rings. The molecule has 0 unspecified atom stereocenters. The van der Waals surface area contributed by atoms with Gasteiger partial charge in [0.1, 0.15) is 10.7 Å². The van der Waals surface area contributed by atoms with E-state index in [1.54, 1.807) is 0 Å². The number of nitro groups is 1. The van der Waals surface area contributed by atoms with Crippen LogP contribution in [0.5, 0.6) is 0 Å².